The number of aromatic amines is 1. The maximum Gasteiger partial charge on any atom is 0.0927 e. The first-order chi connectivity index (χ1) is 10.4. The number of nitrogens with two attached hydrogens (primary N) is 1. The second-order valence-electron chi connectivity index (χ2n) is 6.62. The zero-order chi connectivity index (χ0) is 15.7. The number of rotatable bonds is 2. The van der Waals surface area contributed by atoms with E-state index in [-0.39, 0.29) is 5.41 Å². The molecule has 3 heteroatoms. The number of H-pyrrole nitrogens is 1. The number of anilines is 1. The van der Waals surface area contributed by atoms with E-state index < -0.39 is 0 Å². The molecule has 3 nitrogen and oxygen atoms in total. The Morgan fingerprint density at radius 1 is 0.909 bits per heavy atom. The summed E-state index contributed by atoms with van der Waals surface area (Å²) in [6.45, 7) is 6.66. The molecule has 3 rings (SSSR count). The van der Waals surface area contributed by atoms with E-state index in [4.69, 9.17) is 5.73 Å². The van der Waals surface area contributed by atoms with Gasteiger partial charge in [-0.15, -0.1) is 0 Å². The van der Waals surface area contributed by atoms with E-state index in [1.54, 1.807) is 0 Å². The highest BCUT2D eigenvalue weighted by Gasteiger charge is 2.13. The molecule has 112 valence electrons. The molecule has 1 heterocycles. The van der Waals surface area contributed by atoms with E-state index in [1.807, 2.05) is 24.3 Å². The van der Waals surface area contributed by atoms with Crippen LogP contribution in [0.1, 0.15) is 26.3 Å². The minimum atomic E-state index is 0.166. The summed E-state index contributed by atoms with van der Waals surface area (Å²) in [6, 6.07) is 18.4. The molecule has 2 aromatic carbocycles. The van der Waals surface area contributed by atoms with Crippen LogP contribution in [0.25, 0.3) is 22.5 Å². The van der Waals surface area contributed by atoms with Gasteiger partial charge in [-0.25, -0.2) is 0 Å². The summed E-state index contributed by atoms with van der Waals surface area (Å²) in [6.07, 6.45) is 0. The molecule has 0 aliphatic heterocycles. The summed E-state index contributed by atoms with van der Waals surface area (Å²) in [5, 5.41) is 7.50. The van der Waals surface area contributed by atoms with Gasteiger partial charge in [0.05, 0.1) is 11.4 Å². The summed E-state index contributed by atoms with van der Waals surface area (Å²) < 4.78 is 0. The largest absolute Gasteiger partial charge is 0.399 e. The van der Waals surface area contributed by atoms with Gasteiger partial charge in [-0.3, -0.25) is 5.10 Å². The lowest BCUT2D eigenvalue weighted by molar-refractivity contribution is 0.590. The van der Waals surface area contributed by atoms with Gasteiger partial charge in [-0.2, -0.15) is 5.10 Å². The maximum atomic E-state index is 5.83. The SMILES string of the molecule is CC(C)(C)c1ccc(-c2cc(-c3cccc(N)c3)n[nH]2)cc1. The van der Waals surface area contributed by atoms with Crippen molar-refractivity contribution < 1.29 is 0 Å². The Labute approximate surface area is 131 Å². The first-order valence-electron chi connectivity index (χ1n) is 7.46. The average Bonchev–Trinajstić information content (AvgIpc) is 2.96. The molecule has 22 heavy (non-hydrogen) atoms. The Kier molecular flexibility index (Phi) is 3.49. The number of hydrogen-bond acceptors (Lipinski definition) is 2. The number of nitrogens with zero attached hydrogens (tertiary/aromatic N) is 1. The van der Waals surface area contributed by atoms with E-state index in [9.17, 15) is 0 Å². The second-order valence-corrected chi connectivity index (χ2v) is 6.62. The molecule has 0 radical (unpaired) electrons. The number of aromatic nitrogens is 2. The van der Waals surface area contributed by atoms with Crippen LogP contribution in [-0.4, -0.2) is 10.2 Å². The maximum absolute atomic E-state index is 5.83. The van der Waals surface area contributed by atoms with Gasteiger partial charge in [-0.1, -0.05) is 57.2 Å². The van der Waals surface area contributed by atoms with Crippen LogP contribution in [0.2, 0.25) is 0 Å². The topological polar surface area (TPSA) is 54.7 Å². The van der Waals surface area contributed by atoms with Crippen molar-refractivity contribution >= 4 is 5.69 Å². The van der Waals surface area contributed by atoms with Gasteiger partial charge in [0.15, 0.2) is 0 Å². The number of nitrogens with one attached hydrogen (secondary N) is 1. The van der Waals surface area contributed by atoms with Crippen molar-refractivity contribution in [2.24, 2.45) is 0 Å². The van der Waals surface area contributed by atoms with Gasteiger partial charge < -0.3 is 5.73 Å². The molecule has 0 spiro atoms. The summed E-state index contributed by atoms with van der Waals surface area (Å²) >= 11 is 0. The van der Waals surface area contributed by atoms with Crippen LogP contribution in [0.3, 0.4) is 0 Å². The molecule has 0 saturated carbocycles. The standard InChI is InChI=1S/C19H21N3/c1-19(2,3)15-9-7-13(8-10-15)17-12-18(22-21-17)14-5-4-6-16(20)11-14/h4-12H,20H2,1-3H3,(H,21,22). The Hall–Kier alpha value is -2.55. The third kappa shape index (κ3) is 2.89. The number of nitrogen functional groups attached to an aromatic ring is 1. The van der Waals surface area contributed by atoms with Crippen LogP contribution in [0.4, 0.5) is 5.69 Å². The van der Waals surface area contributed by atoms with Crippen LogP contribution < -0.4 is 5.73 Å². The fourth-order valence-electron chi connectivity index (χ4n) is 2.47. The quantitative estimate of drug-likeness (QED) is 0.677. The molecule has 0 saturated heterocycles. The molecule has 0 amide bonds. The second kappa shape index (κ2) is 5.34. The van der Waals surface area contributed by atoms with Gasteiger partial charge in [0, 0.05) is 11.3 Å². The fourth-order valence-corrected chi connectivity index (χ4v) is 2.47. The fraction of sp³-hybridized carbons (Fsp3) is 0.211. The lowest BCUT2D eigenvalue weighted by Gasteiger charge is -2.18. The highest BCUT2D eigenvalue weighted by molar-refractivity contribution is 5.70. The highest BCUT2D eigenvalue weighted by Crippen LogP contribution is 2.27. The third-order valence-electron chi connectivity index (χ3n) is 3.82. The number of hydrogen-bond donors (Lipinski definition) is 2. The van der Waals surface area contributed by atoms with Crippen molar-refractivity contribution in [1.29, 1.82) is 0 Å². The molecule has 0 fully saturated rings. The zero-order valence-electron chi connectivity index (χ0n) is 13.2. The molecule has 0 bridgehead atoms. The Morgan fingerprint density at radius 3 is 2.27 bits per heavy atom. The van der Waals surface area contributed by atoms with Crippen molar-refractivity contribution in [3.05, 3.63) is 60.2 Å². The van der Waals surface area contributed by atoms with E-state index in [1.165, 1.54) is 5.56 Å². The minimum absolute atomic E-state index is 0.166. The molecular formula is C19H21N3. The van der Waals surface area contributed by atoms with Crippen molar-refractivity contribution in [3.63, 3.8) is 0 Å². The first-order valence-corrected chi connectivity index (χ1v) is 7.46. The Bertz CT molecular complexity index is 777. The normalized spacial score (nSPS) is 11.6. The zero-order valence-corrected chi connectivity index (χ0v) is 13.2. The van der Waals surface area contributed by atoms with Gasteiger partial charge in [-0.05, 0) is 34.7 Å². The molecule has 0 aliphatic carbocycles. The molecule has 3 aromatic rings. The van der Waals surface area contributed by atoms with Crippen molar-refractivity contribution in [2.75, 3.05) is 5.73 Å². The molecule has 1 aromatic heterocycles. The van der Waals surface area contributed by atoms with Crippen molar-refractivity contribution in [1.82, 2.24) is 10.2 Å². The average molecular weight is 291 g/mol. The Morgan fingerprint density at radius 2 is 1.64 bits per heavy atom. The van der Waals surface area contributed by atoms with Gasteiger partial charge in [0.1, 0.15) is 0 Å². The molecule has 3 N–H and O–H groups in total. The highest BCUT2D eigenvalue weighted by atomic mass is 15.1. The third-order valence-corrected chi connectivity index (χ3v) is 3.82. The van der Waals surface area contributed by atoms with Crippen molar-refractivity contribution in [2.45, 2.75) is 26.2 Å². The van der Waals surface area contributed by atoms with Crippen LogP contribution in [0, 0.1) is 0 Å². The van der Waals surface area contributed by atoms with Gasteiger partial charge in [0.2, 0.25) is 0 Å². The minimum Gasteiger partial charge on any atom is -0.399 e. The monoisotopic (exact) mass is 291 g/mol. The molecule has 0 aliphatic rings. The van der Waals surface area contributed by atoms with Crippen molar-refractivity contribution in [3.8, 4) is 22.5 Å². The first kappa shape index (κ1) is 14.4. The van der Waals surface area contributed by atoms with E-state index in [0.717, 1.165) is 28.2 Å². The predicted molar refractivity (Wildman–Crippen MR) is 92.6 cm³/mol. The number of benzene rings is 2. The van der Waals surface area contributed by atoms with Crippen LogP contribution in [0.5, 0.6) is 0 Å². The summed E-state index contributed by atoms with van der Waals surface area (Å²) in [5.74, 6) is 0. The molecule has 0 atom stereocenters. The van der Waals surface area contributed by atoms with E-state index in [0.29, 0.717) is 0 Å². The summed E-state index contributed by atoms with van der Waals surface area (Å²) in [4.78, 5) is 0. The summed E-state index contributed by atoms with van der Waals surface area (Å²) in [5.41, 5.74) is 12.1. The predicted octanol–water partition coefficient (Wildman–Crippen LogP) is 4.62. The smallest absolute Gasteiger partial charge is 0.0927 e. The molecular weight excluding hydrogens is 270 g/mol. The Balaban J connectivity index is 1.91. The van der Waals surface area contributed by atoms with Crippen LogP contribution in [-0.2, 0) is 5.41 Å². The van der Waals surface area contributed by atoms with Gasteiger partial charge >= 0.3 is 0 Å². The molecule has 0 unspecified atom stereocenters. The van der Waals surface area contributed by atoms with Gasteiger partial charge in [0.25, 0.3) is 0 Å². The van der Waals surface area contributed by atoms with E-state index >= 15 is 0 Å². The lowest BCUT2D eigenvalue weighted by atomic mass is 9.86. The van der Waals surface area contributed by atoms with Crippen LogP contribution in [0.15, 0.2) is 54.6 Å². The lowest BCUT2D eigenvalue weighted by Crippen LogP contribution is -2.10. The summed E-state index contributed by atoms with van der Waals surface area (Å²) in [7, 11) is 0. The van der Waals surface area contributed by atoms with Crippen LogP contribution >= 0.6 is 0 Å². The van der Waals surface area contributed by atoms with E-state index in [2.05, 4.69) is 61.3 Å².